The van der Waals surface area contributed by atoms with E-state index in [1.165, 1.54) is 24.8 Å². The van der Waals surface area contributed by atoms with Gasteiger partial charge in [-0.05, 0) is 43.9 Å². The van der Waals surface area contributed by atoms with E-state index in [-0.39, 0.29) is 0 Å². The zero-order valence-corrected chi connectivity index (χ0v) is 12.0. The van der Waals surface area contributed by atoms with Gasteiger partial charge in [0.25, 0.3) is 0 Å². The lowest BCUT2D eigenvalue weighted by Gasteiger charge is -2.25. The summed E-state index contributed by atoms with van der Waals surface area (Å²) in [6.45, 7) is 3.54. The minimum atomic E-state index is 0.480. The molecule has 0 unspecified atom stereocenters. The molecule has 4 nitrogen and oxygen atoms in total. The fourth-order valence-electron chi connectivity index (χ4n) is 2.10. The van der Waals surface area contributed by atoms with E-state index in [0.717, 1.165) is 22.1 Å². The summed E-state index contributed by atoms with van der Waals surface area (Å²) in [4.78, 5) is 0. The maximum atomic E-state index is 5.75. The van der Waals surface area contributed by atoms with E-state index in [1.807, 2.05) is 4.68 Å². The monoisotopic (exact) mass is 309 g/mol. The molecule has 1 saturated carbocycles. The lowest BCUT2D eigenvalue weighted by molar-refractivity contribution is -0.00212. The summed E-state index contributed by atoms with van der Waals surface area (Å²) >= 11 is 3.55. The van der Waals surface area contributed by atoms with E-state index in [0.29, 0.717) is 12.7 Å². The van der Waals surface area contributed by atoms with Gasteiger partial charge in [0, 0.05) is 4.47 Å². The van der Waals surface area contributed by atoms with Gasteiger partial charge in [0.1, 0.15) is 5.52 Å². The standard InChI is InChI=1S/C13H16BrN3O/c1-9-7-12-13(8-11(9)14)17(16-15-12)5-6-18-10-3-2-4-10/h7-8,10H,2-6H2,1H3. The molecule has 1 aromatic carbocycles. The highest BCUT2D eigenvalue weighted by Crippen LogP contribution is 2.23. The molecule has 1 heterocycles. The molecule has 1 fully saturated rings. The molecule has 2 aromatic rings. The fraction of sp³-hybridized carbons (Fsp3) is 0.538. The van der Waals surface area contributed by atoms with Crippen LogP contribution in [0.5, 0.6) is 0 Å². The van der Waals surface area contributed by atoms with Crippen LogP contribution >= 0.6 is 15.9 Å². The Hall–Kier alpha value is -0.940. The zero-order valence-electron chi connectivity index (χ0n) is 10.4. The smallest absolute Gasteiger partial charge is 0.113 e. The second kappa shape index (κ2) is 4.97. The van der Waals surface area contributed by atoms with Crippen molar-refractivity contribution in [2.24, 2.45) is 0 Å². The molecular formula is C13H16BrN3O. The molecule has 1 aliphatic rings. The van der Waals surface area contributed by atoms with Crippen LogP contribution in [0.15, 0.2) is 16.6 Å². The average Bonchev–Trinajstić information content (AvgIpc) is 2.66. The van der Waals surface area contributed by atoms with E-state index in [4.69, 9.17) is 4.74 Å². The molecule has 18 heavy (non-hydrogen) atoms. The number of nitrogens with zero attached hydrogens (tertiary/aromatic N) is 3. The third-order valence-corrected chi connectivity index (χ3v) is 4.36. The Morgan fingerprint density at radius 2 is 2.28 bits per heavy atom. The van der Waals surface area contributed by atoms with Crippen molar-refractivity contribution < 1.29 is 4.74 Å². The first kappa shape index (κ1) is 12.1. The summed E-state index contributed by atoms with van der Waals surface area (Å²) in [7, 11) is 0. The van der Waals surface area contributed by atoms with Crippen molar-refractivity contribution in [1.29, 1.82) is 0 Å². The predicted octanol–water partition coefficient (Wildman–Crippen LogP) is 3.07. The van der Waals surface area contributed by atoms with Crippen LogP contribution in [0.25, 0.3) is 11.0 Å². The van der Waals surface area contributed by atoms with Crippen LogP contribution in [0.4, 0.5) is 0 Å². The lowest BCUT2D eigenvalue weighted by atomic mass is 9.96. The molecule has 0 spiro atoms. The Labute approximate surface area is 114 Å². The number of ether oxygens (including phenoxy) is 1. The maximum absolute atomic E-state index is 5.75. The van der Waals surface area contributed by atoms with Gasteiger partial charge in [-0.15, -0.1) is 5.10 Å². The Balaban J connectivity index is 1.73. The second-order valence-corrected chi connectivity index (χ2v) is 5.68. The largest absolute Gasteiger partial charge is 0.376 e. The Morgan fingerprint density at radius 1 is 1.44 bits per heavy atom. The SMILES string of the molecule is Cc1cc2nnn(CCOC3CCC3)c2cc1Br. The molecule has 5 heteroatoms. The third kappa shape index (κ3) is 2.29. The van der Waals surface area contributed by atoms with E-state index in [9.17, 15) is 0 Å². The molecule has 96 valence electrons. The van der Waals surface area contributed by atoms with Gasteiger partial charge in [-0.25, -0.2) is 4.68 Å². The maximum Gasteiger partial charge on any atom is 0.113 e. The summed E-state index contributed by atoms with van der Waals surface area (Å²) in [5.41, 5.74) is 3.18. The summed E-state index contributed by atoms with van der Waals surface area (Å²) in [5.74, 6) is 0. The molecular weight excluding hydrogens is 294 g/mol. The van der Waals surface area contributed by atoms with Crippen molar-refractivity contribution in [2.75, 3.05) is 6.61 Å². The van der Waals surface area contributed by atoms with Gasteiger partial charge >= 0.3 is 0 Å². The Morgan fingerprint density at radius 3 is 3.00 bits per heavy atom. The highest BCUT2D eigenvalue weighted by molar-refractivity contribution is 9.10. The minimum absolute atomic E-state index is 0.480. The summed E-state index contributed by atoms with van der Waals surface area (Å²) in [6, 6.07) is 4.13. The van der Waals surface area contributed by atoms with E-state index < -0.39 is 0 Å². The predicted molar refractivity (Wildman–Crippen MR) is 73.6 cm³/mol. The first-order valence-corrected chi connectivity index (χ1v) is 7.14. The highest BCUT2D eigenvalue weighted by Gasteiger charge is 2.17. The van der Waals surface area contributed by atoms with Gasteiger partial charge in [0.15, 0.2) is 0 Å². The molecule has 0 N–H and O–H groups in total. The van der Waals surface area contributed by atoms with Gasteiger partial charge in [0.05, 0.1) is 24.8 Å². The molecule has 0 atom stereocenters. The molecule has 0 bridgehead atoms. The van der Waals surface area contributed by atoms with Crippen LogP contribution in [0.1, 0.15) is 24.8 Å². The molecule has 1 aliphatic carbocycles. The number of aryl methyl sites for hydroxylation is 1. The number of hydrogen-bond donors (Lipinski definition) is 0. The van der Waals surface area contributed by atoms with Crippen LogP contribution in [-0.2, 0) is 11.3 Å². The molecule has 0 aliphatic heterocycles. The second-order valence-electron chi connectivity index (χ2n) is 4.83. The average molecular weight is 310 g/mol. The lowest BCUT2D eigenvalue weighted by Crippen LogP contribution is -2.23. The van der Waals surface area contributed by atoms with Crippen molar-refractivity contribution in [2.45, 2.75) is 38.8 Å². The van der Waals surface area contributed by atoms with Crippen LogP contribution in [0, 0.1) is 6.92 Å². The van der Waals surface area contributed by atoms with Crippen molar-refractivity contribution >= 4 is 27.0 Å². The molecule has 0 amide bonds. The van der Waals surface area contributed by atoms with E-state index in [1.54, 1.807) is 0 Å². The first-order valence-electron chi connectivity index (χ1n) is 6.35. The van der Waals surface area contributed by atoms with Crippen LogP contribution in [0.3, 0.4) is 0 Å². The fourth-order valence-corrected chi connectivity index (χ4v) is 2.43. The first-order chi connectivity index (χ1) is 8.74. The van der Waals surface area contributed by atoms with Gasteiger partial charge in [-0.3, -0.25) is 0 Å². The van der Waals surface area contributed by atoms with Gasteiger partial charge in [0.2, 0.25) is 0 Å². The highest BCUT2D eigenvalue weighted by atomic mass is 79.9. The van der Waals surface area contributed by atoms with Crippen molar-refractivity contribution in [1.82, 2.24) is 15.0 Å². The summed E-state index contributed by atoms with van der Waals surface area (Å²) < 4.78 is 8.76. The number of hydrogen-bond acceptors (Lipinski definition) is 3. The van der Waals surface area contributed by atoms with E-state index in [2.05, 4.69) is 45.3 Å². The van der Waals surface area contributed by atoms with E-state index >= 15 is 0 Å². The third-order valence-electron chi connectivity index (χ3n) is 3.50. The quantitative estimate of drug-likeness (QED) is 0.871. The van der Waals surface area contributed by atoms with Crippen LogP contribution < -0.4 is 0 Å². The summed E-state index contributed by atoms with van der Waals surface area (Å²) in [6.07, 6.45) is 4.21. The molecule has 0 radical (unpaired) electrons. The number of fused-ring (bicyclic) bond motifs is 1. The minimum Gasteiger partial charge on any atom is -0.376 e. The van der Waals surface area contributed by atoms with Crippen LogP contribution in [0.2, 0.25) is 0 Å². The zero-order chi connectivity index (χ0) is 12.5. The van der Waals surface area contributed by atoms with Crippen molar-refractivity contribution in [3.63, 3.8) is 0 Å². The molecule has 0 saturated heterocycles. The number of rotatable bonds is 4. The topological polar surface area (TPSA) is 39.9 Å². The Bertz CT molecular complexity index is 563. The molecule has 3 rings (SSSR count). The normalized spacial score (nSPS) is 16.1. The number of aromatic nitrogens is 3. The van der Waals surface area contributed by atoms with Gasteiger partial charge < -0.3 is 4.74 Å². The molecule has 1 aromatic heterocycles. The number of benzene rings is 1. The summed E-state index contributed by atoms with van der Waals surface area (Å²) in [5, 5.41) is 8.37. The van der Waals surface area contributed by atoms with Gasteiger partial charge in [-0.2, -0.15) is 0 Å². The van der Waals surface area contributed by atoms with Gasteiger partial charge in [-0.1, -0.05) is 21.1 Å². The Kier molecular flexibility index (Phi) is 3.35. The van der Waals surface area contributed by atoms with Crippen LogP contribution in [-0.4, -0.2) is 27.7 Å². The van der Waals surface area contributed by atoms with Crippen molar-refractivity contribution in [3.8, 4) is 0 Å². The number of halogens is 1. The van der Waals surface area contributed by atoms with Crippen molar-refractivity contribution in [3.05, 3.63) is 22.2 Å².